The third-order valence-electron chi connectivity index (χ3n) is 3.49. The maximum atomic E-state index is 12.7. The normalized spacial score (nSPS) is 13.3. The SMILES string of the molecule is Cc1nc2sccn2c(=O)c1S(=O)(=O)N[C@H](C)c1ccccc1. The smallest absolute Gasteiger partial charge is 0.267 e. The summed E-state index contributed by atoms with van der Waals surface area (Å²) in [5.74, 6) is 0. The highest BCUT2D eigenvalue weighted by Gasteiger charge is 2.26. The Morgan fingerprint density at radius 1 is 1.26 bits per heavy atom. The van der Waals surface area contributed by atoms with E-state index in [0.717, 1.165) is 5.56 Å². The van der Waals surface area contributed by atoms with Crippen molar-refractivity contribution in [2.45, 2.75) is 24.8 Å². The molecule has 2 aromatic heterocycles. The van der Waals surface area contributed by atoms with Gasteiger partial charge in [0.2, 0.25) is 10.0 Å². The van der Waals surface area contributed by atoms with Crippen molar-refractivity contribution < 1.29 is 8.42 Å². The van der Waals surface area contributed by atoms with Gasteiger partial charge in [0.25, 0.3) is 5.56 Å². The fraction of sp³-hybridized carbons (Fsp3) is 0.200. The highest BCUT2D eigenvalue weighted by atomic mass is 32.2. The molecule has 23 heavy (non-hydrogen) atoms. The fourth-order valence-corrected chi connectivity index (χ4v) is 4.61. The summed E-state index contributed by atoms with van der Waals surface area (Å²) < 4.78 is 29.1. The van der Waals surface area contributed by atoms with Crippen LogP contribution in [0.1, 0.15) is 24.2 Å². The molecule has 1 atom stereocenters. The summed E-state index contributed by atoms with van der Waals surface area (Å²) in [6.07, 6.45) is 1.52. The molecule has 3 aromatic rings. The summed E-state index contributed by atoms with van der Waals surface area (Å²) in [7, 11) is -3.98. The van der Waals surface area contributed by atoms with Gasteiger partial charge in [-0.2, -0.15) is 0 Å². The molecule has 0 aliphatic heterocycles. The lowest BCUT2D eigenvalue weighted by molar-refractivity contribution is 0.564. The number of nitrogens with one attached hydrogen (secondary N) is 1. The number of hydrogen-bond donors (Lipinski definition) is 1. The highest BCUT2D eigenvalue weighted by Crippen LogP contribution is 2.17. The van der Waals surface area contributed by atoms with Crippen LogP contribution in [0.2, 0.25) is 0 Å². The van der Waals surface area contributed by atoms with Crippen molar-refractivity contribution in [2.24, 2.45) is 0 Å². The van der Waals surface area contributed by atoms with Crippen molar-refractivity contribution in [3.8, 4) is 0 Å². The summed E-state index contributed by atoms with van der Waals surface area (Å²) in [5.41, 5.74) is 0.435. The van der Waals surface area contributed by atoms with E-state index in [9.17, 15) is 13.2 Å². The minimum Gasteiger partial charge on any atom is -0.267 e. The van der Waals surface area contributed by atoms with Crippen molar-refractivity contribution in [1.29, 1.82) is 0 Å². The topological polar surface area (TPSA) is 80.5 Å². The zero-order chi connectivity index (χ0) is 16.6. The molecule has 1 N–H and O–H groups in total. The van der Waals surface area contributed by atoms with Crippen LogP contribution in [0.15, 0.2) is 51.6 Å². The number of hydrogen-bond acceptors (Lipinski definition) is 5. The Kier molecular flexibility index (Phi) is 4.05. The van der Waals surface area contributed by atoms with Gasteiger partial charge in [-0.25, -0.2) is 18.1 Å². The van der Waals surface area contributed by atoms with Gasteiger partial charge in [0.15, 0.2) is 9.86 Å². The Morgan fingerprint density at radius 2 is 1.96 bits per heavy atom. The van der Waals surface area contributed by atoms with Gasteiger partial charge in [-0.1, -0.05) is 30.3 Å². The second kappa shape index (κ2) is 5.88. The average Bonchev–Trinajstić information content (AvgIpc) is 2.96. The molecule has 6 nitrogen and oxygen atoms in total. The van der Waals surface area contributed by atoms with Gasteiger partial charge in [-0.3, -0.25) is 9.20 Å². The molecule has 3 rings (SSSR count). The molecule has 0 unspecified atom stereocenters. The summed E-state index contributed by atoms with van der Waals surface area (Å²) in [6, 6.07) is 8.72. The predicted molar refractivity (Wildman–Crippen MR) is 89.3 cm³/mol. The quantitative estimate of drug-likeness (QED) is 0.782. The third-order valence-corrected chi connectivity index (χ3v) is 5.92. The van der Waals surface area contributed by atoms with Gasteiger partial charge < -0.3 is 0 Å². The first-order valence-corrected chi connectivity index (χ1v) is 9.30. The van der Waals surface area contributed by atoms with Crippen LogP contribution >= 0.6 is 11.3 Å². The number of fused-ring (bicyclic) bond motifs is 1. The van der Waals surface area contributed by atoms with Gasteiger partial charge in [-0.15, -0.1) is 11.3 Å². The van der Waals surface area contributed by atoms with E-state index in [2.05, 4.69) is 9.71 Å². The number of thiazole rings is 1. The first-order chi connectivity index (χ1) is 10.9. The van der Waals surface area contributed by atoms with Crippen LogP contribution < -0.4 is 10.3 Å². The molecule has 8 heteroatoms. The molecule has 0 aliphatic carbocycles. The zero-order valence-electron chi connectivity index (χ0n) is 12.6. The van der Waals surface area contributed by atoms with Crippen LogP contribution in [-0.4, -0.2) is 17.8 Å². The van der Waals surface area contributed by atoms with E-state index in [1.165, 1.54) is 28.9 Å². The molecule has 0 aliphatic rings. The van der Waals surface area contributed by atoms with E-state index in [0.29, 0.717) is 4.96 Å². The first kappa shape index (κ1) is 15.9. The minimum atomic E-state index is -3.98. The third kappa shape index (κ3) is 2.92. The Labute approximate surface area is 137 Å². The average molecular weight is 349 g/mol. The van der Waals surface area contributed by atoms with Crippen LogP contribution in [0.5, 0.6) is 0 Å². The Balaban J connectivity index is 2.05. The zero-order valence-corrected chi connectivity index (χ0v) is 14.2. The van der Waals surface area contributed by atoms with E-state index in [1.807, 2.05) is 30.3 Å². The lowest BCUT2D eigenvalue weighted by atomic mass is 10.1. The number of benzene rings is 1. The molecule has 1 aromatic carbocycles. The van der Waals surface area contributed by atoms with Crippen LogP contribution in [0.4, 0.5) is 0 Å². The standard InChI is InChI=1S/C15H15N3O3S2/c1-10(12-6-4-3-5-7-12)17-23(20,21)13-11(2)16-15-18(14(13)19)8-9-22-15/h3-10,17H,1-2H3/t10-/m1/s1. The lowest BCUT2D eigenvalue weighted by Gasteiger charge is -2.15. The van der Waals surface area contributed by atoms with E-state index in [-0.39, 0.29) is 10.6 Å². The summed E-state index contributed by atoms with van der Waals surface area (Å²) in [6.45, 7) is 3.26. The van der Waals surface area contributed by atoms with E-state index in [1.54, 1.807) is 12.3 Å². The van der Waals surface area contributed by atoms with E-state index in [4.69, 9.17) is 0 Å². The van der Waals surface area contributed by atoms with Gasteiger partial charge in [-0.05, 0) is 19.4 Å². The number of nitrogens with zero attached hydrogens (tertiary/aromatic N) is 2. The number of aryl methyl sites for hydroxylation is 1. The van der Waals surface area contributed by atoms with E-state index < -0.39 is 21.6 Å². The van der Waals surface area contributed by atoms with Gasteiger partial charge >= 0.3 is 0 Å². The molecule has 0 amide bonds. The molecular weight excluding hydrogens is 334 g/mol. The largest absolute Gasteiger partial charge is 0.279 e. The van der Waals surface area contributed by atoms with Crippen LogP contribution in [0.25, 0.3) is 4.96 Å². The number of sulfonamides is 1. The van der Waals surface area contributed by atoms with Crippen LogP contribution in [0, 0.1) is 6.92 Å². The van der Waals surface area contributed by atoms with Gasteiger partial charge in [0.05, 0.1) is 5.69 Å². The molecule has 0 bridgehead atoms. The first-order valence-electron chi connectivity index (χ1n) is 6.94. The van der Waals surface area contributed by atoms with Crippen molar-refractivity contribution >= 4 is 26.3 Å². The number of rotatable bonds is 4. The molecule has 0 saturated heterocycles. The molecule has 120 valence electrons. The van der Waals surface area contributed by atoms with Crippen molar-refractivity contribution in [2.75, 3.05) is 0 Å². The maximum Gasteiger partial charge on any atom is 0.279 e. The van der Waals surface area contributed by atoms with Crippen molar-refractivity contribution in [1.82, 2.24) is 14.1 Å². The Bertz CT molecular complexity index is 1010. The monoisotopic (exact) mass is 349 g/mol. The Hall–Kier alpha value is -2.03. The molecule has 0 fully saturated rings. The second-order valence-corrected chi connectivity index (χ2v) is 7.66. The van der Waals surface area contributed by atoms with Gasteiger partial charge in [0.1, 0.15) is 0 Å². The maximum absolute atomic E-state index is 12.7. The molecule has 0 spiro atoms. The van der Waals surface area contributed by atoms with Crippen molar-refractivity contribution in [3.05, 3.63) is 63.5 Å². The van der Waals surface area contributed by atoms with Crippen LogP contribution in [-0.2, 0) is 10.0 Å². The van der Waals surface area contributed by atoms with Crippen LogP contribution in [0.3, 0.4) is 0 Å². The molecule has 2 heterocycles. The summed E-state index contributed by atoms with van der Waals surface area (Å²) in [4.78, 5) is 16.9. The van der Waals surface area contributed by atoms with Gasteiger partial charge in [0, 0.05) is 17.6 Å². The second-order valence-electron chi connectivity index (χ2n) is 5.14. The van der Waals surface area contributed by atoms with Crippen molar-refractivity contribution in [3.63, 3.8) is 0 Å². The fourth-order valence-electron chi connectivity index (χ4n) is 2.38. The summed E-state index contributed by atoms with van der Waals surface area (Å²) >= 11 is 1.28. The number of aromatic nitrogens is 2. The Morgan fingerprint density at radius 3 is 2.65 bits per heavy atom. The summed E-state index contributed by atoms with van der Waals surface area (Å²) in [5, 5.41) is 1.69. The highest BCUT2D eigenvalue weighted by molar-refractivity contribution is 7.89. The molecule has 0 radical (unpaired) electrons. The minimum absolute atomic E-state index is 0.199. The predicted octanol–water partition coefficient (Wildman–Crippen LogP) is 2.10. The van der Waals surface area contributed by atoms with E-state index >= 15 is 0 Å². The molecule has 0 saturated carbocycles. The molecular formula is C15H15N3O3S2. The lowest BCUT2D eigenvalue weighted by Crippen LogP contribution is -2.33.